The van der Waals surface area contributed by atoms with Gasteiger partial charge in [0.25, 0.3) is 5.91 Å². The van der Waals surface area contributed by atoms with Crippen LogP contribution in [0.2, 0.25) is 5.02 Å². The van der Waals surface area contributed by atoms with Gasteiger partial charge in [-0.3, -0.25) is 4.79 Å². The van der Waals surface area contributed by atoms with Crippen LogP contribution in [0, 0.1) is 0 Å². The van der Waals surface area contributed by atoms with Crippen LogP contribution < -0.4 is 5.73 Å². The van der Waals surface area contributed by atoms with Crippen LogP contribution in [0.15, 0.2) is 42.5 Å². The number of rotatable bonds is 3. The van der Waals surface area contributed by atoms with Gasteiger partial charge in [-0.15, -0.1) is 0 Å². The molecule has 0 radical (unpaired) electrons. The summed E-state index contributed by atoms with van der Waals surface area (Å²) in [5.41, 5.74) is 7.62. The number of phenolic OH excluding ortho intramolecular Hbond substituents is 1. The van der Waals surface area contributed by atoms with Crippen molar-refractivity contribution in [3.8, 4) is 5.75 Å². The van der Waals surface area contributed by atoms with Crippen LogP contribution in [0.4, 0.5) is 5.69 Å². The second-order valence-electron chi connectivity index (χ2n) is 4.52. The van der Waals surface area contributed by atoms with Crippen LogP contribution >= 0.6 is 11.6 Å². The topological polar surface area (TPSA) is 66.6 Å². The predicted octanol–water partition coefficient (Wildman–Crippen LogP) is 2.90. The summed E-state index contributed by atoms with van der Waals surface area (Å²) in [7, 11) is 1.66. The van der Waals surface area contributed by atoms with Crippen molar-refractivity contribution in [3.05, 3.63) is 58.6 Å². The van der Waals surface area contributed by atoms with Gasteiger partial charge < -0.3 is 15.7 Å². The first-order chi connectivity index (χ1) is 9.49. The first kappa shape index (κ1) is 14.2. The van der Waals surface area contributed by atoms with Crippen molar-refractivity contribution in [2.24, 2.45) is 0 Å². The number of para-hydroxylation sites is 1. The standard InChI is InChI=1S/C15H15ClN2O2/c1-18(9-10-4-2-3-5-14(10)17)15(20)12-8-11(19)6-7-13(12)16/h2-8,19H,9,17H2,1H3. The number of nitrogen functional groups attached to an aromatic ring is 1. The Labute approximate surface area is 122 Å². The van der Waals surface area contributed by atoms with Crippen molar-refractivity contribution >= 4 is 23.2 Å². The fourth-order valence-corrected chi connectivity index (χ4v) is 2.09. The third-order valence-corrected chi connectivity index (χ3v) is 3.32. The molecule has 0 saturated heterocycles. The number of nitrogens with two attached hydrogens (primary N) is 1. The second-order valence-corrected chi connectivity index (χ2v) is 4.93. The number of carbonyl (C=O) groups is 1. The van der Waals surface area contributed by atoms with E-state index >= 15 is 0 Å². The van der Waals surface area contributed by atoms with Gasteiger partial charge >= 0.3 is 0 Å². The van der Waals surface area contributed by atoms with Gasteiger partial charge in [0.05, 0.1) is 10.6 Å². The monoisotopic (exact) mass is 290 g/mol. The molecule has 0 unspecified atom stereocenters. The lowest BCUT2D eigenvalue weighted by Gasteiger charge is -2.19. The molecule has 0 aliphatic carbocycles. The van der Waals surface area contributed by atoms with Crippen molar-refractivity contribution in [1.29, 1.82) is 0 Å². The molecular formula is C15H15ClN2O2. The minimum absolute atomic E-state index is 0.00498. The molecule has 0 fully saturated rings. The normalized spacial score (nSPS) is 10.3. The van der Waals surface area contributed by atoms with E-state index in [-0.39, 0.29) is 17.2 Å². The minimum atomic E-state index is -0.269. The third kappa shape index (κ3) is 3.03. The van der Waals surface area contributed by atoms with E-state index in [9.17, 15) is 9.90 Å². The Hall–Kier alpha value is -2.20. The highest BCUT2D eigenvalue weighted by Crippen LogP contribution is 2.23. The summed E-state index contributed by atoms with van der Waals surface area (Å²) in [6, 6.07) is 11.6. The fourth-order valence-electron chi connectivity index (χ4n) is 1.89. The molecular weight excluding hydrogens is 276 g/mol. The Morgan fingerprint density at radius 3 is 2.70 bits per heavy atom. The predicted molar refractivity (Wildman–Crippen MR) is 79.8 cm³/mol. The molecule has 0 spiro atoms. The Morgan fingerprint density at radius 2 is 2.00 bits per heavy atom. The van der Waals surface area contributed by atoms with Crippen LogP contribution in [0.1, 0.15) is 15.9 Å². The number of hydrogen-bond donors (Lipinski definition) is 2. The van der Waals surface area contributed by atoms with Gasteiger partial charge in [-0.2, -0.15) is 0 Å². The molecule has 5 heteroatoms. The number of anilines is 1. The third-order valence-electron chi connectivity index (χ3n) is 2.99. The van der Waals surface area contributed by atoms with Gasteiger partial charge in [-0.1, -0.05) is 29.8 Å². The van der Waals surface area contributed by atoms with E-state index in [1.807, 2.05) is 18.2 Å². The number of benzene rings is 2. The van der Waals surface area contributed by atoms with Crippen molar-refractivity contribution < 1.29 is 9.90 Å². The first-order valence-electron chi connectivity index (χ1n) is 6.06. The Balaban J connectivity index is 2.21. The quantitative estimate of drug-likeness (QED) is 0.854. The highest BCUT2D eigenvalue weighted by atomic mass is 35.5. The molecule has 104 valence electrons. The van der Waals surface area contributed by atoms with E-state index in [1.54, 1.807) is 13.1 Å². The maximum absolute atomic E-state index is 12.3. The number of amides is 1. The average Bonchev–Trinajstić information content (AvgIpc) is 2.43. The van der Waals surface area contributed by atoms with Gasteiger partial charge in [0, 0.05) is 19.3 Å². The SMILES string of the molecule is CN(Cc1ccccc1N)C(=O)c1cc(O)ccc1Cl. The van der Waals surface area contributed by atoms with Gasteiger partial charge in [0.15, 0.2) is 0 Å². The number of carbonyl (C=O) groups excluding carboxylic acids is 1. The van der Waals surface area contributed by atoms with Crippen LogP contribution in [0.5, 0.6) is 5.75 Å². The first-order valence-corrected chi connectivity index (χ1v) is 6.44. The number of nitrogens with zero attached hydrogens (tertiary/aromatic N) is 1. The van der Waals surface area contributed by atoms with Crippen LogP contribution in [-0.2, 0) is 6.54 Å². The number of halogens is 1. The average molecular weight is 291 g/mol. The number of phenols is 1. The van der Waals surface area contributed by atoms with Gasteiger partial charge in [-0.25, -0.2) is 0 Å². The lowest BCUT2D eigenvalue weighted by atomic mass is 10.1. The molecule has 2 aromatic carbocycles. The molecule has 4 nitrogen and oxygen atoms in total. The Kier molecular flexibility index (Phi) is 4.15. The molecule has 3 N–H and O–H groups in total. The molecule has 2 rings (SSSR count). The molecule has 0 bridgehead atoms. The Bertz CT molecular complexity index is 644. The highest BCUT2D eigenvalue weighted by molar-refractivity contribution is 6.33. The van der Waals surface area contributed by atoms with E-state index in [1.165, 1.54) is 23.1 Å². The largest absolute Gasteiger partial charge is 0.508 e. The van der Waals surface area contributed by atoms with Gasteiger partial charge in [0.1, 0.15) is 5.75 Å². The molecule has 0 aliphatic rings. The Morgan fingerprint density at radius 1 is 1.30 bits per heavy atom. The number of aromatic hydroxyl groups is 1. The second kappa shape index (κ2) is 5.84. The zero-order chi connectivity index (χ0) is 14.7. The lowest BCUT2D eigenvalue weighted by Crippen LogP contribution is -2.26. The van der Waals surface area contributed by atoms with Gasteiger partial charge in [0.2, 0.25) is 0 Å². The molecule has 2 aromatic rings. The van der Waals surface area contributed by atoms with Crippen LogP contribution in [-0.4, -0.2) is 23.0 Å². The van der Waals surface area contributed by atoms with E-state index < -0.39 is 0 Å². The summed E-state index contributed by atoms with van der Waals surface area (Å²) in [4.78, 5) is 13.8. The molecule has 0 saturated carbocycles. The highest BCUT2D eigenvalue weighted by Gasteiger charge is 2.16. The van der Waals surface area contributed by atoms with Crippen LogP contribution in [0.3, 0.4) is 0 Å². The van der Waals surface area contributed by atoms with E-state index in [0.717, 1.165) is 5.56 Å². The molecule has 1 amide bonds. The summed E-state index contributed by atoms with van der Waals surface area (Å²) >= 11 is 5.99. The van der Waals surface area contributed by atoms with E-state index in [2.05, 4.69) is 0 Å². The van der Waals surface area contributed by atoms with Gasteiger partial charge in [-0.05, 0) is 29.8 Å². The van der Waals surface area contributed by atoms with Crippen molar-refractivity contribution in [2.45, 2.75) is 6.54 Å². The van der Waals surface area contributed by atoms with Crippen LogP contribution in [0.25, 0.3) is 0 Å². The molecule has 20 heavy (non-hydrogen) atoms. The minimum Gasteiger partial charge on any atom is -0.508 e. The number of hydrogen-bond acceptors (Lipinski definition) is 3. The maximum atomic E-state index is 12.3. The van der Waals surface area contributed by atoms with E-state index in [0.29, 0.717) is 17.3 Å². The molecule has 0 atom stereocenters. The summed E-state index contributed by atoms with van der Waals surface area (Å²) in [6.07, 6.45) is 0. The summed E-state index contributed by atoms with van der Waals surface area (Å²) in [6.45, 7) is 0.373. The molecule has 0 aliphatic heterocycles. The zero-order valence-corrected chi connectivity index (χ0v) is 11.8. The van der Waals surface area contributed by atoms with Crippen molar-refractivity contribution in [3.63, 3.8) is 0 Å². The summed E-state index contributed by atoms with van der Waals surface area (Å²) < 4.78 is 0. The summed E-state index contributed by atoms with van der Waals surface area (Å²) in [5.74, 6) is -0.264. The molecule has 0 heterocycles. The lowest BCUT2D eigenvalue weighted by molar-refractivity contribution is 0.0785. The summed E-state index contributed by atoms with van der Waals surface area (Å²) in [5, 5.41) is 9.76. The smallest absolute Gasteiger partial charge is 0.255 e. The fraction of sp³-hybridized carbons (Fsp3) is 0.133. The zero-order valence-electron chi connectivity index (χ0n) is 11.0. The maximum Gasteiger partial charge on any atom is 0.255 e. The van der Waals surface area contributed by atoms with Crippen molar-refractivity contribution in [1.82, 2.24) is 4.90 Å². The van der Waals surface area contributed by atoms with E-state index in [4.69, 9.17) is 17.3 Å². The molecule has 0 aromatic heterocycles. The van der Waals surface area contributed by atoms with Crippen molar-refractivity contribution in [2.75, 3.05) is 12.8 Å².